The van der Waals surface area contributed by atoms with Gasteiger partial charge in [-0.15, -0.1) is 0 Å². The summed E-state index contributed by atoms with van der Waals surface area (Å²) in [6.45, 7) is -0.760. The van der Waals surface area contributed by atoms with E-state index in [1.807, 2.05) is 0 Å². The molecule has 0 aliphatic heterocycles. The lowest BCUT2D eigenvalue weighted by Crippen LogP contribution is -2.15. The van der Waals surface area contributed by atoms with E-state index in [0.717, 1.165) is 0 Å². The van der Waals surface area contributed by atoms with Crippen LogP contribution in [0.3, 0.4) is 0 Å². The van der Waals surface area contributed by atoms with E-state index in [4.69, 9.17) is 5.11 Å². The highest BCUT2D eigenvalue weighted by atomic mass is 19.4. The maximum atomic E-state index is 13.2. The molecule has 104 valence electrons. The van der Waals surface area contributed by atoms with Crippen molar-refractivity contribution in [3.63, 3.8) is 0 Å². The fourth-order valence-corrected chi connectivity index (χ4v) is 2.77. The second-order valence-corrected chi connectivity index (χ2v) is 4.72. The van der Waals surface area contributed by atoms with E-state index in [-0.39, 0.29) is 12.1 Å². The Bertz CT molecular complexity index is 577. The van der Waals surface area contributed by atoms with E-state index in [0.29, 0.717) is 4.68 Å². The molecule has 1 saturated carbocycles. The summed E-state index contributed by atoms with van der Waals surface area (Å²) < 4.78 is 65.5. The summed E-state index contributed by atoms with van der Waals surface area (Å²) in [5.74, 6) is -7.13. The fraction of sp³-hybridized carbons (Fsp3) is 0.600. The Kier molecular flexibility index (Phi) is 2.12. The largest absolute Gasteiger partial charge is 0.480 e. The van der Waals surface area contributed by atoms with Crippen LogP contribution in [0.15, 0.2) is 0 Å². The van der Waals surface area contributed by atoms with Crippen molar-refractivity contribution in [3.8, 4) is 0 Å². The standard InChI is InChI=1S/C10H7F5N2O2/c11-9(12)3-1-4-6(7(3)9)8(10(13,14)15)16-17(4)2-5(18)19/h3,7H,1-2H2,(H,18,19). The van der Waals surface area contributed by atoms with Crippen LogP contribution in [0.1, 0.15) is 22.9 Å². The van der Waals surface area contributed by atoms with Gasteiger partial charge in [0.15, 0.2) is 5.69 Å². The topological polar surface area (TPSA) is 55.1 Å². The highest BCUT2D eigenvalue weighted by molar-refractivity contribution is 5.67. The summed E-state index contributed by atoms with van der Waals surface area (Å²) in [4.78, 5) is 10.6. The first-order chi connectivity index (χ1) is 8.64. The predicted octanol–water partition coefficient (Wildman–Crippen LogP) is 1.89. The molecule has 0 saturated heterocycles. The number of carbonyl (C=O) groups is 1. The van der Waals surface area contributed by atoms with E-state index in [1.165, 1.54) is 0 Å². The third-order valence-corrected chi connectivity index (χ3v) is 3.58. The zero-order valence-corrected chi connectivity index (χ0v) is 9.21. The van der Waals surface area contributed by atoms with Crippen molar-refractivity contribution in [1.82, 2.24) is 9.78 Å². The molecule has 19 heavy (non-hydrogen) atoms. The molecule has 0 spiro atoms. The number of fused-ring (bicyclic) bond motifs is 3. The summed E-state index contributed by atoms with van der Waals surface area (Å²) >= 11 is 0. The first-order valence-electron chi connectivity index (χ1n) is 5.40. The number of aromatic nitrogens is 2. The number of hydrogen-bond donors (Lipinski definition) is 1. The Morgan fingerprint density at radius 2 is 2.11 bits per heavy atom. The molecular formula is C10H7F5N2O2. The van der Waals surface area contributed by atoms with Crippen LogP contribution in [0.4, 0.5) is 22.0 Å². The van der Waals surface area contributed by atoms with E-state index < -0.39 is 47.7 Å². The Hall–Kier alpha value is -1.67. The predicted molar refractivity (Wildman–Crippen MR) is 49.7 cm³/mol. The fourth-order valence-electron chi connectivity index (χ4n) is 2.77. The van der Waals surface area contributed by atoms with Gasteiger partial charge in [-0.1, -0.05) is 0 Å². The number of carboxylic acids is 1. The second-order valence-electron chi connectivity index (χ2n) is 4.72. The zero-order chi connectivity index (χ0) is 14.2. The SMILES string of the molecule is O=C(O)Cn1nc(C(F)(F)F)c2c1CC1C2C1(F)F. The molecule has 2 unspecified atom stereocenters. The summed E-state index contributed by atoms with van der Waals surface area (Å²) in [5.41, 5.74) is -1.94. The lowest BCUT2D eigenvalue weighted by molar-refractivity contribution is -0.143. The molecule has 2 aliphatic carbocycles. The third-order valence-electron chi connectivity index (χ3n) is 3.58. The van der Waals surface area contributed by atoms with Gasteiger partial charge in [0.05, 0.1) is 5.92 Å². The summed E-state index contributed by atoms with van der Waals surface area (Å²) in [6.07, 6.45) is -5.12. The van der Waals surface area contributed by atoms with Gasteiger partial charge in [0.2, 0.25) is 0 Å². The van der Waals surface area contributed by atoms with Crippen LogP contribution in [0, 0.1) is 5.92 Å². The average molecular weight is 282 g/mol. The maximum absolute atomic E-state index is 13.2. The van der Waals surface area contributed by atoms with Gasteiger partial charge in [-0.25, -0.2) is 8.78 Å². The number of hydrogen-bond acceptors (Lipinski definition) is 2. The molecule has 2 atom stereocenters. The van der Waals surface area contributed by atoms with Crippen LogP contribution >= 0.6 is 0 Å². The van der Waals surface area contributed by atoms with Gasteiger partial charge in [0.1, 0.15) is 6.54 Å². The van der Waals surface area contributed by atoms with Gasteiger partial charge < -0.3 is 5.11 Å². The number of carboxylic acid groups (broad SMARTS) is 1. The minimum absolute atomic E-state index is 0.0318. The van der Waals surface area contributed by atoms with Crippen LogP contribution < -0.4 is 0 Å². The van der Waals surface area contributed by atoms with E-state index in [9.17, 15) is 26.7 Å². The molecule has 3 rings (SSSR count). The lowest BCUT2D eigenvalue weighted by Gasteiger charge is -2.06. The summed E-state index contributed by atoms with van der Waals surface area (Å²) in [7, 11) is 0. The average Bonchev–Trinajstić information content (AvgIpc) is 2.63. The Balaban J connectivity index is 2.10. The molecule has 0 bridgehead atoms. The van der Waals surface area contributed by atoms with Crippen molar-refractivity contribution in [2.45, 2.75) is 31.0 Å². The highest BCUT2D eigenvalue weighted by Crippen LogP contribution is 2.68. The third kappa shape index (κ3) is 1.56. The van der Waals surface area contributed by atoms with Crippen molar-refractivity contribution >= 4 is 5.97 Å². The molecule has 4 nitrogen and oxygen atoms in total. The minimum atomic E-state index is -4.86. The van der Waals surface area contributed by atoms with Gasteiger partial charge in [0.25, 0.3) is 5.92 Å². The van der Waals surface area contributed by atoms with E-state index in [2.05, 4.69) is 5.10 Å². The molecule has 9 heteroatoms. The van der Waals surface area contributed by atoms with Crippen molar-refractivity contribution in [1.29, 1.82) is 0 Å². The lowest BCUT2D eigenvalue weighted by atomic mass is 10.1. The molecule has 1 heterocycles. The van der Waals surface area contributed by atoms with Crippen LogP contribution in [-0.4, -0.2) is 26.8 Å². The molecule has 1 N–H and O–H groups in total. The van der Waals surface area contributed by atoms with E-state index in [1.54, 1.807) is 0 Å². The van der Waals surface area contributed by atoms with Crippen LogP contribution in [0.2, 0.25) is 0 Å². The Morgan fingerprint density at radius 1 is 1.47 bits per heavy atom. The second kappa shape index (κ2) is 3.26. The molecule has 2 aliphatic rings. The number of nitrogens with zero attached hydrogens (tertiary/aromatic N) is 2. The van der Waals surface area contributed by atoms with Crippen molar-refractivity contribution in [3.05, 3.63) is 17.0 Å². The number of halogens is 5. The highest BCUT2D eigenvalue weighted by Gasteiger charge is 2.74. The van der Waals surface area contributed by atoms with Gasteiger partial charge in [0, 0.05) is 17.2 Å². The molecule has 0 radical (unpaired) electrons. The number of rotatable bonds is 2. The normalized spacial score (nSPS) is 27.0. The van der Waals surface area contributed by atoms with Gasteiger partial charge in [-0.3, -0.25) is 9.48 Å². The summed E-state index contributed by atoms with van der Waals surface area (Å²) in [5, 5.41) is 11.8. The zero-order valence-electron chi connectivity index (χ0n) is 9.21. The Labute approximate surface area is 102 Å². The van der Waals surface area contributed by atoms with Gasteiger partial charge in [-0.05, 0) is 6.42 Å². The molecule has 0 aromatic carbocycles. The molecule has 0 amide bonds. The molecular weight excluding hydrogens is 275 g/mol. The first kappa shape index (κ1) is 12.4. The smallest absolute Gasteiger partial charge is 0.435 e. The molecule has 1 aromatic rings. The monoisotopic (exact) mass is 282 g/mol. The van der Waals surface area contributed by atoms with Crippen molar-refractivity contribution < 1.29 is 31.9 Å². The van der Waals surface area contributed by atoms with Crippen LogP contribution in [0.25, 0.3) is 0 Å². The van der Waals surface area contributed by atoms with E-state index >= 15 is 0 Å². The first-order valence-corrected chi connectivity index (χ1v) is 5.40. The van der Waals surface area contributed by atoms with Gasteiger partial charge in [-0.2, -0.15) is 18.3 Å². The van der Waals surface area contributed by atoms with Crippen LogP contribution in [-0.2, 0) is 23.9 Å². The Morgan fingerprint density at radius 3 is 2.63 bits per heavy atom. The van der Waals surface area contributed by atoms with Crippen LogP contribution in [0.5, 0.6) is 0 Å². The molecule has 1 aromatic heterocycles. The number of aliphatic carboxylic acids is 1. The van der Waals surface area contributed by atoms with Crippen molar-refractivity contribution in [2.24, 2.45) is 5.92 Å². The maximum Gasteiger partial charge on any atom is 0.435 e. The summed E-state index contributed by atoms with van der Waals surface area (Å²) in [6, 6.07) is 0. The van der Waals surface area contributed by atoms with Crippen molar-refractivity contribution in [2.75, 3.05) is 0 Å². The minimum Gasteiger partial charge on any atom is -0.480 e. The van der Waals surface area contributed by atoms with Gasteiger partial charge >= 0.3 is 12.1 Å². The quantitative estimate of drug-likeness (QED) is 0.843. The number of alkyl halides is 5. The molecule has 1 fully saturated rings.